The van der Waals surface area contributed by atoms with Crippen LogP contribution in [0.5, 0.6) is 0 Å². The molecule has 0 aliphatic heterocycles. The van der Waals surface area contributed by atoms with Gasteiger partial charge in [0.15, 0.2) is 17.5 Å². The summed E-state index contributed by atoms with van der Waals surface area (Å²) in [4.78, 5) is 0. The summed E-state index contributed by atoms with van der Waals surface area (Å²) in [6.07, 6.45) is 2.86. The molecule has 2 nitrogen and oxygen atoms in total. The zero-order valence-electron chi connectivity index (χ0n) is 10.8. The minimum Gasteiger partial charge on any atom is -0.396 e. The number of benzene rings is 1. The van der Waals surface area contributed by atoms with Crippen LogP contribution in [-0.4, -0.2) is 17.8 Å². The first-order valence-corrected chi connectivity index (χ1v) is 6.44. The molecule has 0 amide bonds. The summed E-state index contributed by atoms with van der Waals surface area (Å²) >= 11 is 0. The van der Waals surface area contributed by atoms with Gasteiger partial charge in [-0.25, -0.2) is 13.2 Å². The average molecular weight is 273 g/mol. The second-order valence-electron chi connectivity index (χ2n) is 5.51. The highest BCUT2D eigenvalue weighted by molar-refractivity contribution is 5.19. The molecule has 1 saturated carbocycles. The fourth-order valence-electron chi connectivity index (χ4n) is 2.72. The van der Waals surface area contributed by atoms with Gasteiger partial charge < -0.3 is 10.4 Å². The molecule has 1 aliphatic rings. The van der Waals surface area contributed by atoms with Crippen molar-refractivity contribution < 1.29 is 18.3 Å². The minimum atomic E-state index is -1.44. The Morgan fingerprint density at radius 1 is 1.32 bits per heavy atom. The molecule has 2 N–H and O–H groups in total. The van der Waals surface area contributed by atoms with Crippen molar-refractivity contribution in [1.82, 2.24) is 5.32 Å². The zero-order chi connectivity index (χ0) is 14.0. The molecule has 0 radical (unpaired) electrons. The normalized spacial score (nSPS) is 26.9. The third-order valence-electron chi connectivity index (χ3n) is 4.04. The number of aliphatic hydroxyl groups excluding tert-OH is 1. The first-order valence-electron chi connectivity index (χ1n) is 6.44. The van der Waals surface area contributed by atoms with Crippen molar-refractivity contribution in [1.29, 1.82) is 0 Å². The summed E-state index contributed by atoms with van der Waals surface area (Å²) in [5.74, 6) is -3.79. The summed E-state index contributed by atoms with van der Waals surface area (Å²) in [7, 11) is 0. The lowest BCUT2D eigenvalue weighted by molar-refractivity contribution is 0.118. The molecule has 0 spiro atoms. The Morgan fingerprint density at radius 3 is 2.53 bits per heavy atom. The van der Waals surface area contributed by atoms with Crippen LogP contribution >= 0.6 is 0 Å². The number of hydrogen-bond acceptors (Lipinski definition) is 2. The van der Waals surface area contributed by atoms with E-state index < -0.39 is 17.5 Å². The lowest BCUT2D eigenvalue weighted by atomic mass is 9.86. The molecular formula is C14H18F3NO. The predicted octanol–water partition coefficient (Wildman–Crippen LogP) is 2.74. The number of hydrogen-bond donors (Lipinski definition) is 2. The number of nitrogens with one attached hydrogen (secondary N) is 1. The van der Waals surface area contributed by atoms with E-state index in [2.05, 4.69) is 5.32 Å². The monoisotopic (exact) mass is 273 g/mol. The largest absolute Gasteiger partial charge is 0.396 e. The second-order valence-corrected chi connectivity index (χ2v) is 5.51. The van der Waals surface area contributed by atoms with Crippen molar-refractivity contribution in [3.8, 4) is 0 Å². The van der Waals surface area contributed by atoms with Gasteiger partial charge in [-0.2, -0.15) is 0 Å². The van der Waals surface area contributed by atoms with Gasteiger partial charge in [0.25, 0.3) is 0 Å². The van der Waals surface area contributed by atoms with Gasteiger partial charge in [0.05, 0.1) is 0 Å². The Balaban J connectivity index is 2.03. The van der Waals surface area contributed by atoms with Crippen LogP contribution < -0.4 is 5.32 Å². The Labute approximate surface area is 110 Å². The Bertz CT molecular complexity index is 443. The first-order chi connectivity index (χ1) is 8.96. The molecule has 106 valence electrons. The van der Waals surface area contributed by atoms with Crippen LogP contribution in [0, 0.1) is 22.9 Å². The molecule has 1 aromatic rings. The topological polar surface area (TPSA) is 32.3 Å². The van der Waals surface area contributed by atoms with Crippen molar-refractivity contribution >= 4 is 0 Å². The Hall–Kier alpha value is -1.07. The first kappa shape index (κ1) is 14.3. The fraction of sp³-hybridized carbons (Fsp3) is 0.571. The molecule has 2 rings (SSSR count). The molecule has 0 aromatic heterocycles. The quantitative estimate of drug-likeness (QED) is 0.827. The summed E-state index contributed by atoms with van der Waals surface area (Å²) in [6.45, 7) is 2.33. The van der Waals surface area contributed by atoms with E-state index in [0.29, 0.717) is 5.56 Å². The molecule has 1 aliphatic carbocycles. The van der Waals surface area contributed by atoms with Crippen LogP contribution in [0.4, 0.5) is 13.2 Å². The molecule has 2 atom stereocenters. The average Bonchev–Trinajstić information content (AvgIpc) is 2.75. The maximum Gasteiger partial charge on any atom is 0.194 e. The molecule has 2 unspecified atom stereocenters. The SMILES string of the molecule is CC1(CO)CCCC1NCc1cc(F)c(F)c(F)c1. The molecule has 1 fully saturated rings. The van der Waals surface area contributed by atoms with Crippen LogP contribution in [-0.2, 0) is 6.54 Å². The highest BCUT2D eigenvalue weighted by Gasteiger charge is 2.37. The zero-order valence-corrected chi connectivity index (χ0v) is 10.8. The molecule has 0 heterocycles. The molecule has 0 bridgehead atoms. The maximum absolute atomic E-state index is 13.1. The van der Waals surface area contributed by atoms with E-state index in [-0.39, 0.29) is 24.6 Å². The molecule has 19 heavy (non-hydrogen) atoms. The molecule has 1 aromatic carbocycles. The third-order valence-corrected chi connectivity index (χ3v) is 4.04. The van der Waals surface area contributed by atoms with E-state index in [4.69, 9.17) is 0 Å². The van der Waals surface area contributed by atoms with E-state index in [1.165, 1.54) is 0 Å². The lowest BCUT2D eigenvalue weighted by Gasteiger charge is -2.30. The summed E-state index contributed by atoms with van der Waals surface area (Å²) in [6, 6.07) is 2.10. The van der Waals surface area contributed by atoms with Gasteiger partial charge in [-0.1, -0.05) is 13.3 Å². The van der Waals surface area contributed by atoms with Crippen LogP contribution in [0.2, 0.25) is 0 Å². The van der Waals surface area contributed by atoms with Gasteiger partial charge in [0, 0.05) is 24.6 Å². The maximum atomic E-state index is 13.1. The highest BCUT2D eigenvalue weighted by Crippen LogP contribution is 2.37. The van der Waals surface area contributed by atoms with Crippen molar-refractivity contribution in [3.63, 3.8) is 0 Å². The van der Waals surface area contributed by atoms with Gasteiger partial charge in [0.1, 0.15) is 0 Å². The van der Waals surface area contributed by atoms with Gasteiger partial charge in [-0.15, -0.1) is 0 Å². The molecule has 0 saturated heterocycles. The Kier molecular flexibility index (Phi) is 4.16. The smallest absolute Gasteiger partial charge is 0.194 e. The summed E-state index contributed by atoms with van der Waals surface area (Å²) in [5.41, 5.74) is 0.167. The van der Waals surface area contributed by atoms with Gasteiger partial charge >= 0.3 is 0 Å². The number of rotatable bonds is 4. The fourth-order valence-corrected chi connectivity index (χ4v) is 2.72. The van der Waals surface area contributed by atoms with Crippen molar-refractivity contribution in [3.05, 3.63) is 35.1 Å². The van der Waals surface area contributed by atoms with Crippen molar-refractivity contribution in [2.75, 3.05) is 6.61 Å². The molecule has 5 heteroatoms. The standard InChI is InChI=1S/C14H18F3NO/c1-14(8-19)4-2-3-12(14)18-7-9-5-10(15)13(17)11(16)6-9/h5-6,12,18-19H,2-4,7-8H2,1H3. The van der Waals surface area contributed by atoms with Gasteiger partial charge in [-0.3, -0.25) is 0 Å². The van der Waals surface area contributed by atoms with Crippen LogP contribution in [0.3, 0.4) is 0 Å². The Morgan fingerprint density at radius 2 is 1.95 bits per heavy atom. The van der Waals surface area contributed by atoms with Gasteiger partial charge in [-0.05, 0) is 30.5 Å². The van der Waals surface area contributed by atoms with E-state index >= 15 is 0 Å². The molecular weight excluding hydrogens is 255 g/mol. The van der Waals surface area contributed by atoms with E-state index in [0.717, 1.165) is 31.4 Å². The van der Waals surface area contributed by atoms with Crippen LogP contribution in [0.25, 0.3) is 0 Å². The summed E-state index contributed by atoms with van der Waals surface area (Å²) in [5, 5.41) is 12.6. The van der Waals surface area contributed by atoms with E-state index in [1.54, 1.807) is 0 Å². The highest BCUT2D eigenvalue weighted by atomic mass is 19.2. The van der Waals surface area contributed by atoms with Crippen LogP contribution in [0.15, 0.2) is 12.1 Å². The van der Waals surface area contributed by atoms with E-state index in [9.17, 15) is 18.3 Å². The predicted molar refractivity (Wildman–Crippen MR) is 66.0 cm³/mol. The van der Waals surface area contributed by atoms with Crippen LogP contribution in [0.1, 0.15) is 31.7 Å². The van der Waals surface area contributed by atoms with Crippen molar-refractivity contribution in [2.45, 2.75) is 38.8 Å². The minimum absolute atomic E-state index is 0.0802. The number of aliphatic hydroxyl groups is 1. The summed E-state index contributed by atoms with van der Waals surface area (Å²) < 4.78 is 39.0. The van der Waals surface area contributed by atoms with Gasteiger partial charge in [0.2, 0.25) is 0 Å². The second kappa shape index (κ2) is 5.51. The third kappa shape index (κ3) is 2.92. The number of halogens is 3. The lowest BCUT2D eigenvalue weighted by Crippen LogP contribution is -2.41. The van der Waals surface area contributed by atoms with E-state index in [1.807, 2.05) is 6.92 Å². The van der Waals surface area contributed by atoms with Crippen molar-refractivity contribution in [2.24, 2.45) is 5.41 Å².